The molecule has 148 valence electrons. The van der Waals surface area contributed by atoms with Crippen LogP contribution in [-0.2, 0) is 9.59 Å². The molecule has 0 amide bonds. The molecule has 0 aromatic heterocycles. The molecular weight excluding hydrogens is 397 g/mol. The largest absolute Gasteiger partial charge is 0.478 e. The first kappa shape index (κ1) is 18.2. The van der Waals surface area contributed by atoms with Crippen molar-refractivity contribution >= 4 is 34.9 Å². The van der Waals surface area contributed by atoms with E-state index in [0.29, 0.717) is 16.4 Å². The lowest BCUT2D eigenvalue weighted by Gasteiger charge is -2.41. The Morgan fingerprint density at radius 3 is 2.59 bits per heavy atom. The van der Waals surface area contributed by atoms with Crippen LogP contribution in [0.4, 0.5) is 4.39 Å². The highest BCUT2D eigenvalue weighted by Gasteiger charge is 2.47. The van der Waals surface area contributed by atoms with Crippen molar-refractivity contribution in [2.24, 2.45) is 22.0 Å². The van der Waals surface area contributed by atoms with E-state index < -0.39 is 17.9 Å². The van der Waals surface area contributed by atoms with E-state index in [1.54, 1.807) is 23.1 Å². The van der Waals surface area contributed by atoms with E-state index in [1.165, 1.54) is 0 Å². The molecule has 2 aliphatic carbocycles. The Bertz CT molecular complexity index is 1050. The van der Waals surface area contributed by atoms with Gasteiger partial charge in [-0.2, -0.15) is 5.10 Å². The van der Waals surface area contributed by atoms with Gasteiger partial charge >= 0.3 is 5.97 Å². The lowest BCUT2D eigenvalue weighted by atomic mass is 9.79. The van der Waals surface area contributed by atoms with Crippen LogP contribution in [0.3, 0.4) is 0 Å². The SMILES string of the molecule is O=C(O)C1=CC(C2CC2)C2=C(CC(F)C3=NN=C(c4ccc(Cl)cc4)CN32)C1=O. The van der Waals surface area contributed by atoms with E-state index in [-0.39, 0.29) is 41.8 Å². The number of alkyl halides is 1. The van der Waals surface area contributed by atoms with E-state index in [4.69, 9.17) is 11.6 Å². The Morgan fingerprint density at radius 1 is 1.21 bits per heavy atom. The quantitative estimate of drug-likeness (QED) is 0.770. The van der Waals surface area contributed by atoms with Crippen LogP contribution < -0.4 is 0 Å². The van der Waals surface area contributed by atoms with Crippen molar-refractivity contribution in [2.75, 3.05) is 6.54 Å². The Labute approximate surface area is 171 Å². The predicted molar refractivity (Wildman–Crippen MR) is 106 cm³/mol. The highest BCUT2D eigenvalue weighted by atomic mass is 35.5. The van der Waals surface area contributed by atoms with Crippen LogP contribution in [0.25, 0.3) is 0 Å². The normalized spacial score (nSPS) is 26.3. The first-order valence-electron chi connectivity index (χ1n) is 9.49. The molecule has 0 bridgehead atoms. The van der Waals surface area contributed by atoms with Gasteiger partial charge in [-0.25, -0.2) is 9.18 Å². The van der Waals surface area contributed by atoms with Crippen LogP contribution in [-0.4, -0.2) is 46.0 Å². The number of hydrogen-bond donors (Lipinski definition) is 1. The van der Waals surface area contributed by atoms with Gasteiger partial charge in [-0.3, -0.25) is 4.79 Å². The van der Waals surface area contributed by atoms with E-state index in [9.17, 15) is 19.1 Å². The van der Waals surface area contributed by atoms with Crippen LogP contribution in [0.1, 0.15) is 24.8 Å². The van der Waals surface area contributed by atoms with Gasteiger partial charge in [0.05, 0.1) is 12.3 Å². The molecule has 1 aromatic carbocycles. The molecule has 8 heteroatoms. The summed E-state index contributed by atoms with van der Waals surface area (Å²) in [7, 11) is 0. The molecule has 1 aromatic rings. The third-order valence-electron chi connectivity index (χ3n) is 5.84. The number of allylic oxidation sites excluding steroid dienone is 2. The van der Waals surface area contributed by atoms with Crippen molar-refractivity contribution in [3.63, 3.8) is 0 Å². The van der Waals surface area contributed by atoms with Crippen molar-refractivity contribution in [3.8, 4) is 0 Å². The number of ketones is 1. The highest BCUT2D eigenvalue weighted by Crippen LogP contribution is 2.48. The summed E-state index contributed by atoms with van der Waals surface area (Å²) in [5, 5.41) is 18.4. The molecule has 5 rings (SSSR count). The number of amidine groups is 1. The van der Waals surface area contributed by atoms with Gasteiger partial charge < -0.3 is 10.0 Å². The van der Waals surface area contributed by atoms with E-state index >= 15 is 0 Å². The molecule has 0 spiro atoms. The lowest BCUT2D eigenvalue weighted by molar-refractivity contribution is -0.134. The minimum absolute atomic E-state index is 0.164. The van der Waals surface area contributed by atoms with Crippen molar-refractivity contribution in [2.45, 2.75) is 25.4 Å². The number of carboxylic acids is 1. The smallest absolute Gasteiger partial charge is 0.339 e. The molecule has 29 heavy (non-hydrogen) atoms. The summed E-state index contributed by atoms with van der Waals surface area (Å²) in [6, 6.07) is 7.13. The number of carbonyl (C=O) groups is 2. The summed E-state index contributed by atoms with van der Waals surface area (Å²) in [5.41, 5.74) is 2.15. The summed E-state index contributed by atoms with van der Waals surface area (Å²) >= 11 is 5.96. The van der Waals surface area contributed by atoms with Crippen LogP contribution in [0.15, 0.2) is 57.4 Å². The monoisotopic (exact) mass is 413 g/mol. The standard InChI is InChI=1S/C21H17ClFN3O3/c22-12-5-3-11(4-6-12)17-9-26-18-13(10-1-2-10)7-15(21(28)29)19(27)14(18)8-16(23)20(26)25-24-17/h3-7,10,13,16H,1-2,8-9H2,(H,28,29). The molecule has 2 heterocycles. The summed E-state index contributed by atoms with van der Waals surface area (Å²) in [6.07, 6.45) is 1.79. The molecule has 2 atom stereocenters. The maximum Gasteiger partial charge on any atom is 0.339 e. The van der Waals surface area contributed by atoms with E-state index in [2.05, 4.69) is 10.2 Å². The molecule has 0 radical (unpaired) electrons. The zero-order valence-corrected chi connectivity index (χ0v) is 16.1. The number of rotatable bonds is 3. The molecule has 1 fully saturated rings. The summed E-state index contributed by atoms with van der Waals surface area (Å²) in [4.78, 5) is 26.1. The Kier molecular flexibility index (Phi) is 4.17. The van der Waals surface area contributed by atoms with Gasteiger partial charge in [0, 0.05) is 28.6 Å². The maximum atomic E-state index is 14.9. The van der Waals surface area contributed by atoms with Crippen LogP contribution >= 0.6 is 11.6 Å². The summed E-state index contributed by atoms with van der Waals surface area (Å²) in [6.45, 7) is 0.270. The first-order chi connectivity index (χ1) is 13.9. The van der Waals surface area contributed by atoms with Gasteiger partial charge in [-0.1, -0.05) is 29.8 Å². The topological polar surface area (TPSA) is 82.3 Å². The third-order valence-corrected chi connectivity index (χ3v) is 6.09. The fraction of sp³-hybridized carbons (Fsp3) is 0.333. The zero-order chi connectivity index (χ0) is 20.3. The number of carbonyl (C=O) groups excluding carboxylic acids is 1. The average Bonchev–Trinajstić information content (AvgIpc) is 3.54. The van der Waals surface area contributed by atoms with E-state index in [1.807, 2.05) is 12.1 Å². The van der Waals surface area contributed by atoms with Gasteiger partial charge in [0.1, 0.15) is 5.57 Å². The van der Waals surface area contributed by atoms with Crippen molar-refractivity contribution in [3.05, 3.63) is 57.8 Å². The van der Waals surface area contributed by atoms with Gasteiger partial charge in [-0.05, 0) is 36.5 Å². The lowest BCUT2D eigenvalue weighted by Crippen LogP contribution is -2.49. The summed E-state index contributed by atoms with van der Waals surface area (Å²) in [5.74, 6) is -1.63. The number of benzene rings is 1. The molecule has 2 unspecified atom stereocenters. The van der Waals surface area contributed by atoms with Crippen LogP contribution in [0.2, 0.25) is 5.02 Å². The third kappa shape index (κ3) is 3.00. The van der Waals surface area contributed by atoms with Crippen molar-refractivity contribution in [1.82, 2.24) is 4.90 Å². The van der Waals surface area contributed by atoms with E-state index in [0.717, 1.165) is 18.4 Å². The fourth-order valence-electron chi connectivity index (χ4n) is 4.27. The molecule has 2 aliphatic heterocycles. The number of carboxylic acid groups (broad SMARTS) is 1. The second-order valence-corrected chi connectivity index (χ2v) is 8.15. The molecular formula is C21H17ClFN3O3. The molecule has 1 N–H and O–H groups in total. The zero-order valence-electron chi connectivity index (χ0n) is 15.3. The minimum atomic E-state index is -1.50. The summed E-state index contributed by atoms with van der Waals surface area (Å²) < 4.78 is 14.9. The van der Waals surface area contributed by atoms with Crippen LogP contribution in [0.5, 0.6) is 0 Å². The number of nitrogens with zero attached hydrogens (tertiary/aromatic N) is 3. The molecule has 4 aliphatic rings. The number of Topliss-reactive ketones (excluding diaryl/α,β-unsaturated/α-hetero) is 1. The number of aliphatic carboxylic acids is 1. The van der Waals surface area contributed by atoms with Gasteiger partial charge in [-0.15, -0.1) is 5.10 Å². The Morgan fingerprint density at radius 2 is 1.93 bits per heavy atom. The maximum absolute atomic E-state index is 14.9. The van der Waals surface area contributed by atoms with Crippen molar-refractivity contribution < 1.29 is 19.1 Å². The predicted octanol–water partition coefficient (Wildman–Crippen LogP) is 3.37. The number of fused-ring (bicyclic) bond motifs is 2. The highest BCUT2D eigenvalue weighted by molar-refractivity contribution is 6.30. The number of halogens is 2. The van der Waals surface area contributed by atoms with Crippen molar-refractivity contribution in [1.29, 1.82) is 0 Å². The second kappa shape index (κ2) is 6.62. The average molecular weight is 414 g/mol. The Balaban J connectivity index is 1.58. The van der Waals surface area contributed by atoms with Gasteiger partial charge in [0.15, 0.2) is 17.8 Å². The first-order valence-corrected chi connectivity index (χ1v) is 9.86. The fourth-order valence-corrected chi connectivity index (χ4v) is 4.39. The number of hydrogen-bond acceptors (Lipinski definition) is 5. The molecule has 1 saturated carbocycles. The molecule has 6 nitrogen and oxygen atoms in total. The minimum Gasteiger partial charge on any atom is -0.478 e. The molecule has 0 saturated heterocycles. The van der Waals surface area contributed by atoms with Crippen LogP contribution in [0, 0.1) is 11.8 Å². The second-order valence-electron chi connectivity index (χ2n) is 7.71. The Hall–Kier alpha value is -2.80. The van der Waals surface area contributed by atoms with Gasteiger partial charge in [0.25, 0.3) is 0 Å². The van der Waals surface area contributed by atoms with Gasteiger partial charge in [0.2, 0.25) is 0 Å².